The normalized spacial score (nSPS) is 17.9. The van der Waals surface area contributed by atoms with Crippen molar-refractivity contribution in [1.82, 2.24) is 9.97 Å². The molecule has 2 aromatic rings. The van der Waals surface area contributed by atoms with Crippen molar-refractivity contribution in [2.75, 3.05) is 29.4 Å². The molecule has 5 nitrogen and oxygen atoms in total. The number of hydrogen-bond acceptors (Lipinski definition) is 4. The van der Waals surface area contributed by atoms with Crippen LogP contribution in [0.1, 0.15) is 43.7 Å². The zero-order valence-corrected chi connectivity index (χ0v) is 17.2. The summed E-state index contributed by atoms with van der Waals surface area (Å²) < 4.78 is 0. The number of rotatable bonds is 3. The number of anilines is 2. The highest BCUT2D eigenvalue weighted by molar-refractivity contribution is 6.30. The van der Waals surface area contributed by atoms with Crippen molar-refractivity contribution in [1.29, 1.82) is 0 Å². The van der Waals surface area contributed by atoms with Crippen LogP contribution in [0.15, 0.2) is 30.6 Å². The summed E-state index contributed by atoms with van der Waals surface area (Å²) in [4.78, 5) is 26.5. The van der Waals surface area contributed by atoms with Gasteiger partial charge in [-0.05, 0) is 67.9 Å². The zero-order valence-electron chi connectivity index (χ0n) is 16.4. The third-order valence-corrected chi connectivity index (χ3v) is 6.14. The monoisotopic (exact) mass is 398 g/mol. The van der Waals surface area contributed by atoms with Crippen LogP contribution in [-0.2, 0) is 17.6 Å². The van der Waals surface area contributed by atoms with Gasteiger partial charge in [-0.2, -0.15) is 0 Å². The third-order valence-electron chi connectivity index (χ3n) is 5.90. The van der Waals surface area contributed by atoms with E-state index in [1.54, 1.807) is 0 Å². The quantitative estimate of drug-likeness (QED) is 0.774. The number of hydrogen-bond donors (Lipinski definition) is 0. The van der Waals surface area contributed by atoms with Gasteiger partial charge in [0.2, 0.25) is 11.9 Å². The predicted octanol–water partition coefficient (Wildman–Crippen LogP) is 4.28. The average molecular weight is 399 g/mol. The average Bonchev–Trinajstić information content (AvgIpc) is 2.95. The first-order chi connectivity index (χ1) is 13.7. The molecule has 6 heteroatoms. The minimum Gasteiger partial charge on any atom is -0.341 e. The van der Waals surface area contributed by atoms with Crippen molar-refractivity contribution in [3.8, 4) is 0 Å². The molecule has 0 N–H and O–H groups in total. The smallest absolute Gasteiger partial charge is 0.230 e. The van der Waals surface area contributed by atoms with Gasteiger partial charge in [-0.3, -0.25) is 4.79 Å². The van der Waals surface area contributed by atoms with E-state index in [9.17, 15) is 4.79 Å². The Labute approximate surface area is 171 Å². The summed E-state index contributed by atoms with van der Waals surface area (Å²) in [6.07, 6.45) is 9.56. The van der Waals surface area contributed by atoms with Crippen LogP contribution < -0.4 is 9.80 Å². The second-order valence-corrected chi connectivity index (χ2v) is 8.16. The summed E-state index contributed by atoms with van der Waals surface area (Å²) in [5, 5.41) is 0.746. The summed E-state index contributed by atoms with van der Waals surface area (Å²) in [5.74, 6) is 1.10. The minimum absolute atomic E-state index is 0.0628. The maximum atomic E-state index is 13.3. The number of amides is 1. The fourth-order valence-electron chi connectivity index (χ4n) is 4.19. The molecule has 0 unspecified atom stereocenters. The van der Waals surface area contributed by atoms with Gasteiger partial charge >= 0.3 is 0 Å². The molecule has 148 valence electrons. The molecule has 1 amide bonds. The van der Waals surface area contributed by atoms with E-state index in [1.165, 1.54) is 5.56 Å². The molecule has 0 bridgehead atoms. The van der Waals surface area contributed by atoms with Crippen molar-refractivity contribution in [2.45, 2.75) is 45.4 Å². The van der Waals surface area contributed by atoms with Gasteiger partial charge in [-0.1, -0.05) is 18.5 Å². The summed E-state index contributed by atoms with van der Waals surface area (Å²) in [5.41, 5.74) is 3.39. The van der Waals surface area contributed by atoms with Gasteiger partial charge in [0.15, 0.2) is 0 Å². The summed E-state index contributed by atoms with van der Waals surface area (Å²) >= 11 is 6.18. The Morgan fingerprint density at radius 2 is 1.89 bits per heavy atom. The molecule has 1 aromatic heterocycles. The number of nitrogens with zero attached hydrogens (tertiary/aromatic N) is 4. The van der Waals surface area contributed by atoms with E-state index in [2.05, 4.69) is 21.8 Å². The Bertz CT molecular complexity index is 831. The summed E-state index contributed by atoms with van der Waals surface area (Å²) in [7, 11) is 0. The van der Waals surface area contributed by atoms with E-state index < -0.39 is 0 Å². The number of halogens is 1. The van der Waals surface area contributed by atoms with Crippen LogP contribution in [0, 0.1) is 5.92 Å². The zero-order chi connectivity index (χ0) is 19.5. The van der Waals surface area contributed by atoms with Crippen molar-refractivity contribution in [2.24, 2.45) is 5.92 Å². The maximum Gasteiger partial charge on any atom is 0.230 e. The second kappa shape index (κ2) is 8.48. The lowest BCUT2D eigenvalue weighted by molar-refractivity contribution is -0.123. The van der Waals surface area contributed by atoms with Crippen LogP contribution in [0.3, 0.4) is 0 Å². The number of fused-ring (bicyclic) bond motifs is 1. The minimum atomic E-state index is 0.0628. The van der Waals surface area contributed by atoms with Gasteiger partial charge in [-0.25, -0.2) is 9.97 Å². The number of piperidine rings is 1. The first kappa shape index (κ1) is 19.2. The van der Waals surface area contributed by atoms with Crippen LogP contribution in [0.5, 0.6) is 0 Å². The van der Waals surface area contributed by atoms with Crippen molar-refractivity contribution in [3.05, 3.63) is 46.7 Å². The Balaban J connectivity index is 1.44. The van der Waals surface area contributed by atoms with E-state index in [0.717, 1.165) is 80.4 Å². The lowest BCUT2D eigenvalue weighted by Gasteiger charge is -2.34. The summed E-state index contributed by atoms with van der Waals surface area (Å²) in [6.45, 7) is 4.55. The second-order valence-electron chi connectivity index (χ2n) is 7.73. The molecule has 1 fully saturated rings. The van der Waals surface area contributed by atoms with E-state index in [4.69, 9.17) is 11.6 Å². The van der Waals surface area contributed by atoms with E-state index in [1.807, 2.05) is 35.5 Å². The van der Waals surface area contributed by atoms with Crippen molar-refractivity contribution < 1.29 is 4.79 Å². The van der Waals surface area contributed by atoms with Gasteiger partial charge in [0.25, 0.3) is 0 Å². The van der Waals surface area contributed by atoms with Crippen LogP contribution in [0.4, 0.5) is 11.6 Å². The van der Waals surface area contributed by atoms with Crippen LogP contribution in [0.2, 0.25) is 5.02 Å². The topological polar surface area (TPSA) is 49.3 Å². The molecule has 0 atom stereocenters. The molecule has 3 heterocycles. The van der Waals surface area contributed by atoms with Gasteiger partial charge in [0.05, 0.1) is 0 Å². The predicted molar refractivity (Wildman–Crippen MR) is 113 cm³/mol. The van der Waals surface area contributed by atoms with Crippen LogP contribution >= 0.6 is 11.6 Å². The first-order valence-electron chi connectivity index (χ1n) is 10.3. The van der Waals surface area contributed by atoms with Crippen LogP contribution in [0.25, 0.3) is 0 Å². The third kappa shape index (κ3) is 4.00. The van der Waals surface area contributed by atoms with Crippen molar-refractivity contribution >= 4 is 29.1 Å². The van der Waals surface area contributed by atoms with Crippen LogP contribution in [-0.4, -0.2) is 35.5 Å². The fraction of sp³-hybridized carbons (Fsp3) is 0.500. The standard InChI is InChI=1S/C22H27ClN4O/c1-2-16-14-24-22(25-15-16)26-11-8-17(9-12-26)21(28)27-10-4-3-5-18-13-19(23)6-7-20(18)27/h6-7,13-15,17H,2-5,8-12H2,1H3. The van der Waals surface area contributed by atoms with E-state index in [0.29, 0.717) is 0 Å². The van der Waals surface area contributed by atoms with E-state index >= 15 is 0 Å². The molecular formula is C22H27ClN4O. The molecule has 0 spiro atoms. The maximum absolute atomic E-state index is 13.3. The fourth-order valence-corrected chi connectivity index (χ4v) is 4.39. The number of benzene rings is 1. The molecule has 4 rings (SSSR count). The van der Waals surface area contributed by atoms with Gasteiger partial charge < -0.3 is 9.80 Å². The van der Waals surface area contributed by atoms with Crippen molar-refractivity contribution in [3.63, 3.8) is 0 Å². The lowest BCUT2D eigenvalue weighted by atomic mass is 9.95. The Kier molecular flexibility index (Phi) is 5.81. The molecule has 0 saturated carbocycles. The lowest BCUT2D eigenvalue weighted by Crippen LogP contribution is -2.43. The van der Waals surface area contributed by atoms with Gasteiger partial charge in [0.1, 0.15) is 0 Å². The molecule has 1 saturated heterocycles. The highest BCUT2D eigenvalue weighted by Crippen LogP contribution is 2.32. The number of carbonyl (C=O) groups is 1. The molecule has 0 aliphatic carbocycles. The molecule has 0 radical (unpaired) electrons. The van der Waals surface area contributed by atoms with Gasteiger partial charge in [0, 0.05) is 48.7 Å². The Morgan fingerprint density at radius 3 is 2.61 bits per heavy atom. The molecule has 2 aliphatic heterocycles. The Hall–Kier alpha value is -2.14. The molecule has 1 aromatic carbocycles. The molecule has 2 aliphatic rings. The summed E-state index contributed by atoms with van der Waals surface area (Å²) in [6, 6.07) is 5.92. The molecule has 28 heavy (non-hydrogen) atoms. The molecular weight excluding hydrogens is 372 g/mol. The largest absolute Gasteiger partial charge is 0.341 e. The highest BCUT2D eigenvalue weighted by atomic mass is 35.5. The first-order valence-corrected chi connectivity index (χ1v) is 10.7. The number of carbonyl (C=O) groups excluding carboxylic acids is 1. The Morgan fingerprint density at radius 1 is 1.14 bits per heavy atom. The highest BCUT2D eigenvalue weighted by Gasteiger charge is 2.31. The van der Waals surface area contributed by atoms with E-state index in [-0.39, 0.29) is 11.8 Å². The number of aryl methyl sites for hydroxylation is 2. The van der Waals surface area contributed by atoms with Gasteiger partial charge in [-0.15, -0.1) is 0 Å². The SMILES string of the molecule is CCc1cnc(N2CCC(C(=O)N3CCCCc4cc(Cl)ccc43)CC2)nc1. The number of aromatic nitrogens is 2.